The Balaban J connectivity index is 3.89. The maximum Gasteiger partial charge on any atom is 0.362 e. The second-order valence-electron chi connectivity index (χ2n) is 6.39. The SMILES string of the molecule is COC(C)N(c1nc(N(C)C)nc(N(C)C)n1)C(OC)(OC)C(OC)(OC)OC. The zero-order valence-electron chi connectivity index (χ0n) is 19.2. The third kappa shape index (κ3) is 4.52. The Morgan fingerprint density at radius 2 is 1.03 bits per heavy atom. The van der Waals surface area contributed by atoms with Crippen molar-refractivity contribution in [3.05, 3.63) is 0 Å². The van der Waals surface area contributed by atoms with Gasteiger partial charge in [0.05, 0.1) is 0 Å². The molecule has 1 unspecified atom stereocenters. The summed E-state index contributed by atoms with van der Waals surface area (Å²) in [6.45, 7) is 1.77. The van der Waals surface area contributed by atoms with Crippen molar-refractivity contribution in [1.82, 2.24) is 15.0 Å². The maximum absolute atomic E-state index is 5.79. The second kappa shape index (κ2) is 10.3. The van der Waals surface area contributed by atoms with Crippen molar-refractivity contribution in [2.45, 2.75) is 25.0 Å². The lowest BCUT2D eigenvalue weighted by atomic mass is 10.3. The van der Waals surface area contributed by atoms with Gasteiger partial charge in [-0.2, -0.15) is 15.0 Å². The quantitative estimate of drug-likeness (QED) is 0.437. The van der Waals surface area contributed by atoms with Gasteiger partial charge in [0.1, 0.15) is 6.23 Å². The van der Waals surface area contributed by atoms with Gasteiger partial charge in [-0.1, -0.05) is 0 Å². The first-order chi connectivity index (χ1) is 13.6. The molecule has 0 spiro atoms. The molecule has 29 heavy (non-hydrogen) atoms. The van der Waals surface area contributed by atoms with Gasteiger partial charge in [0.15, 0.2) is 0 Å². The van der Waals surface area contributed by atoms with Crippen molar-refractivity contribution >= 4 is 17.8 Å². The van der Waals surface area contributed by atoms with Gasteiger partial charge in [0, 0.05) is 70.8 Å². The van der Waals surface area contributed by atoms with E-state index in [-0.39, 0.29) is 5.95 Å². The van der Waals surface area contributed by atoms with Crippen LogP contribution in [-0.2, 0) is 28.4 Å². The first kappa shape index (κ1) is 25.2. The minimum Gasteiger partial charge on any atom is -0.362 e. The predicted molar refractivity (Wildman–Crippen MR) is 108 cm³/mol. The number of nitrogens with zero attached hydrogens (tertiary/aromatic N) is 6. The summed E-state index contributed by atoms with van der Waals surface area (Å²) < 4.78 is 33.8. The van der Waals surface area contributed by atoms with Gasteiger partial charge in [-0.25, -0.2) is 0 Å². The second-order valence-corrected chi connectivity index (χ2v) is 6.39. The van der Waals surface area contributed by atoms with E-state index in [2.05, 4.69) is 15.0 Å². The lowest BCUT2D eigenvalue weighted by molar-refractivity contribution is -0.477. The van der Waals surface area contributed by atoms with Gasteiger partial charge in [0.25, 0.3) is 0 Å². The number of methoxy groups -OCH3 is 6. The van der Waals surface area contributed by atoms with Crippen LogP contribution < -0.4 is 14.7 Å². The molecular weight excluding hydrogens is 384 g/mol. The highest BCUT2D eigenvalue weighted by molar-refractivity contribution is 5.46. The summed E-state index contributed by atoms with van der Waals surface area (Å²) in [5.41, 5.74) is 0. The van der Waals surface area contributed by atoms with Crippen LogP contribution in [0.25, 0.3) is 0 Å². The molecule has 0 bridgehead atoms. The molecule has 1 aromatic rings. The average Bonchev–Trinajstić information content (AvgIpc) is 2.73. The van der Waals surface area contributed by atoms with Crippen molar-refractivity contribution in [2.75, 3.05) is 85.5 Å². The summed E-state index contributed by atoms with van der Waals surface area (Å²) in [6, 6.07) is 0. The molecule has 0 aliphatic heterocycles. The smallest absolute Gasteiger partial charge is 0.362 e. The molecule has 0 N–H and O–H groups in total. The molecule has 12 nitrogen and oxygen atoms in total. The molecule has 0 saturated carbocycles. The van der Waals surface area contributed by atoms with Gasteiger partial charge >= 0.3 is 11.9 Å². The summed E-state index contributed by atoms with van der Waals surface area (Å²) in [5, 5.41) is 0. The van der Waals surface area contributed by atoms with Crippen molar-refractivity contribution in [3.63, 3.8) is 0 Å². The minimum atomic E-state index is -1.81. The highest BCUT2D eigenvalue weighted by Crippen LogP contribution is 2.39. The number of ether oxygens (including phenoxy) is 6. The molecule has 0 aliphatic rings. The highest BCUT2D eigenvalue weighted by Gasteiger charge is 2.63. The average molecular weight is 418 g/mol. The molecule has 12 heteroatoms. The minimum absolute atomic E-state index is 0.195. The molecule has 0 saturated heterocycles. The molecule has 1 rings (SSSR count). The summed E-state index contributed by atoms with van der Waals surface area (Å²) in [4.78, 5) is 18.6. The van der Waals surface area contributed by atoms with E-state index in [0.717, 1.165) is 0 Å². The van der Waals surface area contributed by atoms with Gasteiger partial charge in [-0.3, -0.25) is 4.90 Å². The van der Waals surface area contributed by atoms with Crippen LogP contribution in [-0.4, -0.2) is 104 Å². The van der Waals surface area contributed by atoms with Gasteiger partial charge in [-0.05, 0) is 6.92 Å². The molecule has 0 aromatic carbocycles. The standard InChI is InChI=1S/C17H34N6O6/c1-12(24-6)23(16(25-7,26-8)17(27-9,28-10)29-11)15-19-13(21(2)3)18-14(20-15)22(4)5/h12H,1-11H3. The van der Waals surface area contributed by atoms with E-state index in [1.54, 1.807) is 16.7 Å². The van der Waals surface area contributed by atoms with Crippen LogP contribution in [0.3, 0.4) is 0 Å². The normalized spacial score (nSPS) is 13.3. The number of anilines is 3. The van der Waals surface area contributed by atoms with E-state index in [1.807, 2.05) is 28.2 Å². The Bertz CT molecular complexity index is 604. The van der Waals surface area contributed by atoms with Crippen LogP contribution >= 0.6 is 0 Å². The van der Waals surface area contributed by atoms with Crippen LogP contribution in [0.4, 0.5) is 17.8 Å². The Morgan fingerprint density at radius 3 is 1.31 bits per heavy atom. The largest absolute Gasteiger partial charge is 0.362 e. The highest BCUT2D eigenvalue weighted by atomic mass is 16.9. The third-order valence-corrected chi connectivity index (χ3v) is 4.38. The zero-order chi connectivity index (χ0) is 22.4. The predicted octanol–water partition coefficient (Wildman–Crippen LogP) is 0.342. The van der Waals surface area contributed by atoms with E-state index in [0.29, 0.717) is 11.9 Å². The molecule has 0 radical (unpaired) electrons. The topological polar surface area (TPSA) is 104 Å². The monoisotopic (exact) mass is 418 g/mol. The van der Waals surface area contributed by atoms with Crippen molar-refractivity contribution in [2.24, 2.45) is 0 Å². The van der Waals surface area contributed by atoms with Crippen LogP contribution in [0.15, 0.2) is 0 Å². The summed E-state index contributed by atoms with van der Waals surface area (Å²) in [7, 11) is 15.9. The Morgan fingerprint density at radius 1 is 0.655 bits per heavy atom. The number of hydrogen-bond donors (Lipinski definition) is 0. The van der Waals surface area contributed by atoms with Crippen LogP contribution in [0, 0.1) is 0 Å². The first-order valence-corrected chi connectivity index (χ1v) is 8.82. The maximum atomic E-state index is 5.79. The Labute approximate surface area is 172 Å². The van der Waals surface area contributed by atoms with E-state index in [1.165, 1.54) is 47.6 Å². The molecule has 1 atom stereocenters. The third-order valence-electron chi connectivity index (χ3n) is 4.38. The summed E-state index contributed by atoms with van der Waals surface area (Å²) in [5.74, 6) is -2.57. The lowest BCUT2D eigenvalue weighted by Gasteiger charge is -2.50. The van der Waals surface area contributed by atoms with Gasteiger partial charge in [-0.15, -0.1) is 0 Å². The van der Waals surface area contributed by atoms with Crippen LogP contribution in [0.5, 0.6) is 0 Å². The summed E-state index contributed by atoms with van der Waals surface area (Å²) >= 11 is 0. The summed E-state index contributed by atoms with van der Waals surface area (Å²) in [6.07, 6.45) is -0.651. The number of hydrogen-bond acceptors (Lipinski definition) is 12. The number of rotatable bonds is 12. The van der Waals surface area contributed by atoms with Crippen molar-refractivity contribution < 1.29 is 28.4 Å². The van der Waals surface area contributed by atoms with Gasteiger partial charge in [0.2, 0.25) is 17.8 Å². The molecular formula is C17H34N6O6. The Kier molecular flexibility index (Phi) is 8.93. The molecule has 0 fully saturated rings. The first-order valence-electron chi connectivity index (χ1n) is 8.82. The number of aromatic nitrogens is 3. The van der Waals surface area contributed by atoms with Crippen molar-refractivity contribution in [3.8, 4) is 0 Å². The fraction of sp³-hybridized carbons (Fsp3) is 0.824. The van der Waals surface area contributed by atoms with E-state index in [4.69, 9.17) is 28.4 Å². The van der Waals surface area contributed by atoms with Crippen LogP contribution in [0.2, 0.25) is 0 Å². The van der Waals surface area contributed by atoms with E-state index >= 15 is 0 Å². The zero-order valence-corrected chi connectivity index (χ0v) is 19.2. The van der Waals surface area contributed by atoms with E-state index in [9.17, 15) is 0 Å². The lowest BCUT2D eigenvalue weighted by Crippen LogP contribution is -2.71. The molecule has 1 aromatic heterocycles. The van der Waals surface area contributed by atoms with Crippen molar-refractivity contribution in [1.29, 1.82) is 0 Å². The Hall–Kier alpha value is -1.83. The molecule has 1 heterocycles. The van der Waals surface area contributed by atoms with Gasteiger partial charge < -0.3 is 38.2 Å². The molecule has 0 amide bonds. The molecule has 168 valence electrons. The molecule has 0 aliphatic carbocycles. The fourth-order valence-electron chi connectivity index (χ4n) is 2.80. The van der Waals surface area contributed by atoms with Crippen LogP contribution in [0.1, 0.15) is 6.92 Å². The fourth-order valence-corrected chi connectivity index (χ4v) is 2.80. The van der Waals surface area contributed by atoms with E-state index < -0.39 is 18.1 Å².